The molecule has 5 heteroatoms. The molecule has 1 saturated carbocycles. The molecule has 1 fully saturated rings. The van der Waals surface area contributed by atoms with Gasteiger partial charge in [-0.2, -0.15) is 0 Å². The number of thiazole rings is 1. The largest absolute Gasteiger partial charge is 0.497 e. The van der Waals surface area contributed by atoms with E-state index >= 15 is 0 Å². The van der Waals surface area contributed by atoms with Gasteiger partial charge in [-0.25, -0.2) is 4.98 Å². The molecule has 130 valence electrons. The zero-order chi connectivity index (χ0) is 17.2. The van der Waals surface area contributed by atoms with Gasteiger partial charge in [0.05, 0.1) is 21.7 Å². The van der Waals surface area contributed by atoms with Crippen LogP contribution >= 0.6 is 22.7 Å². The van der Waals surface area contributed by atoms with Crippen LogP contribution in [0.3, 0.4) is 0 Å². The second-order valence-electron chi connectivity index (χ2n) is 6.69. The molecular weight excluding hydrogens is 350 g/mol. The van der Waals surface area contributed by atoms with E-state index in [0.29, 0.717) is 6.42 Å². The number of hydrogen-bond acceptors (Lipinski definition) is 5. The number of carbonyl (C=O) groups excluding carboxylic acids is 1. The van der Waals surface area contributed by atoms with Gasteiger partial charge in [-0.3, -0.25) is 4.79 Å². The molecule has 2 aromatic heterocycles. The maximum atomic E-state index is 12.6. The normalized spacial score (nSPS) is 15.1. The first-order chi connectivity index (χ1) is 12.2. The molecule has 0 saturated heterocycles. The molecule has 1 aromatic carbocycles. The predicted octanol–water partition coefficient (Wildman–Crippen LogP) is 5.52. The van der Waals surface area contributed by atoms with Crippen LogP contribution in [0.4, 0.5) is 0 Å². The summed E-state index contributed by atoms with van der Waals surface area (Å²) in [7, 11) is 1.65. The summed E-state index contributed by atoms with van der Waals surface area (Å²) in [4.78, 5) is 19.2. The first-order valence-electron chi connectivity index (χ1n) is 8.76. The van der Waals surface area contributed by atoms with E-state index in [1.807, 2.05) is 30.3 Å². The van der Waals surface area contributed by atoms with Gasteiger partial charge in [-0.1, -0.05) is 37.8 Å². The van der Waals surface area contributed by atoms with Crippen LogP contribution in [0.25, 0.3) is 9.53 Å². The number of Topliss-reactive ketones (excluding diaryl/α,β-unsaturated/α-hetero) is 1. The van der Waals surface area contributed by atoms with Crippen molar-refractivity contribution in [2.45, 2.75) is 38.5 Å². The lowest BCUT2D eigenvalue weighted by atomic mass is 10.1. The Morgan fingerprint density at radius 2 is 1.96 bits per heavy atom. The molecule has 0 atom stereocenters. The highest BCUT2D eigenvalue weighted by atomic mass is 32.1. The Balaban J connectivity index is 1.45. The maximum absolute atomic E-state index is 12.6. The van der Waals surface area contributed by atoms with Crippen molar-refractivity contribution < 1.29 is 9.53 Å². The summed E-state index contributed by atoms with van der Waals surface area (Å²) in [6.45, 7) is 0. The van der Waals surface area contributed by atoms with E-state index < -0.39 is 0 Å². The minimum absolute atomic E-state index is 0.165. The number of benzene rings is 1. The molecule has 3 aromatic rings. The fourth-order valence-electron chi connectivity index (χ4n) is 3.48. The number of methoxy groups -OCH3 is 1. The number of hydrogen-bond donors (Lipinski definition) is 0. The van der Waals surface area contributed by atoms with Gasteiger partial charge in [0.1, 0.15) is 10.6 Å². The molecule has 25 heavy (non-hydrogen) atoms. The molecule has 0 N–H and O–H groups in total. The lowest BCUT2D eigenvalue weighted by Gasteiger charge is -2.04. The van der Waals surface area contributed by atoms with Crippen LogP contribution < -0.4 is 4.74 Å². The summed E-state index contributed by atoms with van der Waals surface area (Å²) in [6.07, 6.45) is 6.97. The summed E-state index contributed by atoms with van der Waals surface area (Å²) < 4.78 is 6.32. The van der Waals surface area contributed by atoms with Crippen molar-refractivity contribution in [2.24, 2.45) is 5.92 Å². The molecule has 3 nitrogen and oxygen atoms in total. The third kappa shape index (κ3) is 3.77. The Labute approximate surface area is 155 Å². The van der Waals surface area contributed by atoms with E-state index in [4.69, 9.17) is 9.72 Å². The van der Waals surface area contributed by atoms with Crippen LogP contribution in [0.15, 0.2) is 30.3 Å². The van der Waals surface area contributed by atoms with E-state index in [0.717, 1.165) is 38.1 Å². The molecule has 0 radical (unpaired) electrons. The van der Waals surface area contributed by atoms with Crippen molar-refractivity contribution in [3.63, 3.8) is 0 Å². The number of carbonyl (C=O) groups is 1. The molecule has 1 aliphatic rings. The van der Waals surface area contributed by atoms with Gasteiger partial charge in [0, 0.05) is 12.8 Å². The van der Waals surface area contributed by atoms with Crippen molar-refractivity contribution in [3.8, 4) is 5.75 Å². The van der Waals surface area contributed by atoms with E-state index in [9.17, 15) is 4.79 Å². The van der Waals surface area contributed by atoms with E-state index in [-0.39, 0.29) is 5.78 Å². The van der Waals surface area contributed by atoms with Crippen molar-refractivity contribution in [3.05, 3.63) is 45.8 Å². The highest BCUT2D eigenvalue weighted by Gasteiger charge is 2.19. The average molecular weight is 372 g/mol. The minimum atomic E-state index is 0.165. The summed E-state index contributed by atoms with van der Waals surface area (Å²) in [5, 5.41) is 1.24. The van der Waals surface area contributed by atoms with Crippen molar-refractivity contribution in [2.75, 3.05) is 7.11 Å². The second kappa shape index (κ2) is 7.26. The van der Waals surface area contributed by atoms with Crippen LogP contribution in [0.2, 0.25) is 0 Å². The second-order valence-corrected chi connectivity index (χ2v) is 8.84. The number of thiophene rings is 1. The summed E-state index contributed by atoms with van der Waals surface area (Å²) >= 11 is 3.30. The third-order valence-corrected chi connectivity index (χ3v) is 7.09. The molecule has 1 aliphatic carbocycles. The maximum Gasteiger partial charge on any atom is 0.177 e. The standard InChI is InChI=1S/C20H21NO2S2/c1-23-15-8-6-14(7-9-15)10-16(22)17-12-18-20(25-17)21-19(24-18)11-13-4-2-3-5-13/h6-9,12-13H,2-5,10-11H2,1H3. The van der Waals surface area contributed by atoms with E-state index in [2.05, 4.69) is 0 Å². The highest BCUT2D eigenvalue weighted by Crippen LogP contribution is 2.34. The lowest BCUT2D eigenvalue weighted by Crippen LogP contribution is -2.01. The van der Waals surface area contributed by atoms with Crippen LogP contribution in [-0.2, 0) is 12.8 Å². The van der Waals surface area contributed by atoms with Gasteiger partial charge >= 0.3 is 0 Å². The quantitative estimate of drug-likeness (QED) is 0.535. The lowest BCUT2D eigenvalue weighted by molar-refractivity contribution is 0.0997. The van der Waals surface area contributed by atoms with Gasteiger partial charge < -0.3 is 4.74 Å². The summed E-state index contributed by atoms with van der Waals surface area (Å²) in [5.74, 6) is 1.79. The number of aromatic nitrogens is 1. The first-order valence-corrected chi connectivity index (χ1v) is 10.4. The number of ether oxygens (including phenoxy) is 1. The van der Waals surface area contributed by atoms with Gasteiger partial charge in [0.15, 0.2) is 5.78 Å². The minimum Gasteiger partial charge on any atom is -0.497 e. The van der Waals surface area contributed by atoms with Crippen LogP contribution in [-0.4, -0.2) is 17.9 Å². The number of ketones is 1. The van der Waals surface area contributed by atoms with Crippen molar-refractivity contribution in [1.29, 1.82) is 0 Å². The van der Waals surface area contributed by atoms with Crippen molar-refractivity contribution in [1.82, 2.24) is 4.98 Å². The van der Waals surface area contributed by atoms with Crippen LogP contribution in [0, 0.1) is 5.92 Å². The molecule has 0 aliphatic heterocycles. The average Bonchev–Trinajstić information content (AvgIpc) is 3.32. The van der Waals surface area contributed by atoms with E-state index in [1.165, 1.54) is 42.0 Å². The fraction of sp³-hybridized carbons (Fsp3) is 0.400. The Morgan fingerprint density at radius 1 is 1.20 bits per heavy atom. The topological polar surface area (TPSA) is 39.2 Å². The Kier molecular flexibility index (Phi) is 4.86. The summed E-state index contributed by atoms with van der Waals surface area (Å²) in [6, 6.07) is 9.72. The smallest absolute Gasteiger partial charge is 0.177 e. The molecular formula is C20H21NO2S2. The Morgan fingerprint density at radius 3 is 2.64 bits per heavy atom. The van der Waals surface area contributed by atoms with Crippen molar-refractivity contribution >= 4 is 38.0 Å². The highest BCUT2D eigenvalue weighted by molar-refractivity contribution is 7.28. The van der Waals surface area contributed by atoms with E-state index in [1.54, 1.807) is 18.4 Å². The fourth-order valence-corrected chi connectivity index (χ4v) is 5.77. The Bertz CT molecular complexity index is 841. The number of rotatable bonds is 6. The summed E-state index contributed by atoms with van der Waals surface area (Å²) in [5.41, 5.74) is 1.01. The SMILES string of the molecule is COc1ccc(CC(=O)c2cc3sc(CC4CCCC4)nc3s2)cc1. The molecule has 0 unspecified atom stereocenters. The molecule has 0 bridgehead atoms. The van der Waals surface area contributed by atoms with Crippen LogP contribution in [0.1, 0.15) is 45.9 Å². The first kappa shape index (κ1) is 16.7. The predicted molar refractivity (Wildman–Crippen MR) is 104 cm³/mol. The third-order valence-electron chi connectivity index (χ3n) is 4.87. The zero-order valence-electron chi connectivity index (χ0n) is 14.3. The molecule has 4 rings (SSSR count). The molecule has 0 amide bonds. The number of fused-ring (bicyclic) bond motifs is 1. The number of nitrogens with zero attached hydrogens (tertiary/aromatic N) is 1. The molecule has 0 spiro atoms. The zero-order valence-corrected chi connectivity index (χ0v) is 15.9. The van der Waals surface area contributed by atoms with Gasteiger partial charge in [-0.05, 0) is 29.7 Å². The van der Waals surface area contributed by atoms with Gasteiger partial charge in [-0.15, -0.1) is 22.7 Å². The Hall–Kier alpha value is -1.72. The van der Waals surface area contributed by atoms with Crippen LogP contribution in [0.5, 0.6) is 5.75 Å². The molecule has 2 heterocycles. The monoisotopic (exact) mass is 371 g/mol. The van der Waals surface area contributed by atoms with Gasteiger partial charge in [0.25, 0.3) is 0 Å². The van der Waals surface area contributed by atoms with Gasteiger partial charge in [0.2, 0.25) is 0 Å².